The minimum atomic E-state index is -4.01. The van der Waals surface area contributed by atoms with Crippen LogP contribution in [-0.2, 0) is 10.0 Å². The van der Waals surface area contributed by atoms with Crippen LogP contribution in [0.1, 0.15) is 30.6 Å². The number of carbonyl (C=O) groups is 1. The molecule has 0 aliphatic carbocycles. The molecule has 5 nitrogen and oxygen atoms in total. The Morgan fingerprint density at radius 1 is 1.30 bits per heavy atom. The van der Waals surface area contributed by atoms with Crippen LogP contribution in [-0.4, -0.2) is 32.3 Å². The number of sulfonamides is 1. The summed E-state index contributed by atoms with van der Waals surface area (Å²) in [4.78, 5) is 13.6. The summed E-state index contributed by atoms with van der Waals surface area (Å²) in [5.41, 5.74) is -0.0323. The average Bonchev–Trinajstić information content (AvgIpc) is 2.34. The molecule has 0 spiro atoms. The molecule has 1 amide bonds. The molecule has 1 aromatic carbocycles. The van der Waals surface area contributed by atoms with Crippen LogP contribution in [0.25, 0.3) is 0 Å². The van der Waals surface area contributed by atoms with Gasteiger partial charge in [0, 0.05) is 13.1 Å². The summed E-state index contributed by atoms with van der Waals surface area (Å²) in [5.74, 6) is -0.408. The van der Waals surface area contributed by atoms with Gasteiger partial charge in [0.1, 0.15) is 4.90 Å². The summed E-state index contributed by atoms with van der Waals surface area (Å²) >= 11 is 12.0. The van der Waals surface area contributed by atoms with Crippen molar-refractivity contribution in [3.63, 3.8) is 0 Å². The predicted molar refractivity (Wildman–Crippen MR) is 79.7 cm³/mol. The fraction of sp³-hybridized carbons (Fsp3) is 0.417. The first-order valence-corrected chi connectivity index (χ1v) is 8.34. The molecule has 2 N–H and O–H groups in total. The first kappa shape index (κ1) is 17.2. The predicted octanol–water partition coefficient (Wildman–Crippen LogP) is 2.51. The molecule has 1 aromatic rings. The van der Waals surface area contributed by atoms with Gasteiger partial charge in [-0.05, 0) is 25.5 Å². The van der Waals surface area contributed by atoms with Crippen LogP contribution >= 0.6 is 23.2 Å². The SMILES string of the molecule is CCCN(CC)C(=O)c1c(Cl)ccc(S(N)(=O)=O)c1Cl. The van der Waals surface area contributed by atoms with E-state index in [4.69, 9.17) is 28.3 Å². The zero-order valence-corrected chi connectivity index (χ0v) is 13.5. The topological polar surface area (TPSA) is 80.5 Å². The molecule has 0 fully saturated rings. The molecule has 0 atom stereocenters. The molecule has 0 saturated heterocycles. The van der Waals surface area contributed by atoms with E-state index in [1.54, 1.807) is 4.90 Å². The van der Waals surface area contributed by atoms with Crippen molar-refractivity contribution in [1.82, 2.24) is 4.90 Å². The molecule has 0 heterocycles. The number of nitrogens with two attached hydrogens (primary N) is 1. The standard InChI is InChI=1S/C12H16Cl2N2O3S/c1-3-7-16(4-2)12(17)10-8(13)5-6-9(11(10)14)20(15,18)19/h5-6H,3-4,7H2,1-2H3,(H2,15,18,19). The number of halogens is 2. The Kier molecular flexibility index (Phi) is 5.82. The zero-order chi connectivity index (χ0) is 15.5. The lowest BCUT2D eigenvalue weighted by atomic mass is 10.2. The van der Waals surface area contributed by atoms with Crippen LogP contribution in [0.2, 0.25) is 10.0 Å². The number of nitrogens with zero attached hydrogens (tertiary/aromatic N) is 1. The summed E-state index contributed by atoms with van der Waals surface area (Å²) in [5, 5.41) is 4.93. The summed E-state index contributed by atoms with van der Waals surface area (Å²) in [6.07, 6.45) is 0.768. The summed E-state index contributed by atoms with van der Waals surface area (Å²) in [6.45, 7) is 4.75. The summed E-state index contributed by atoms with van der Waals surface area (Å²) < 4.78 is 22.9. The average molecular weight is 339 g/mol. The Hall–Kier alpha value is -0.820. The van der Waals surface area contributed by atoms with Gasteiger partial charge in [0.25, 0.3) is 5.91 Å². The molecular formula is C12H16Cl2N2O3S. The lowest BCUT2D eigenvalue weighted by molar-refractivity contribution is 0.0764. The van der Waals surface area contributed by atoms with Gasteiger partial charge in [0.15, 0.2) is 0 Å². The highest BCUT2D eigenvalue weighted by Gasteiger charge is 2.25. The molecule has 20 heavy (non-hydrogen) atoms. The molecule has 8 heteroatoms. The largest absolute Gasteiger partial charge is 0.339 e. The second kappa shape index (κ2) is 6.76. The Balaban J connectivity index is 3.41. The van der Waals surface area contributed by atoms with E-state index >= 15 is 0 Å². The number of benzene rings is 1. The van der Waals surface area contributed by atoms with Gasteiger partial charge in [-0.3, -0.25) is 4.79 Å². The molecule has 0 aromatic heterocycles. The van der Waals surface area contributed by atoms with E-state index in [2.05, 4.69) is 0 Å². The van der Waals surface area contributed by atoms with E-state index in [9.17, 15) is 13.2 Å². The molecule has 0 radical (unpaired) electrons. The lowest BCUT2D eigenvalue weighted by Gasteiger charge is -2.21. The third-order valence-electron chi connectivity index (χ3n) is 2.74. The van der Waals surface area contributed by atoms with E-state index in [0.29, 0.717) is 13.1 Å². The second-order valence-electron chi connectivity index (χ2n) is 4.16. The van der Waals surface area contributed by atoms with Crippen molar-refractivity contribution in [2.24, 2.45) is 5.14 Å². The number of hydrogen-bond donors (Lipinski definition) is 1. The van der Waals surface area contributed by atoms with Crippen LogP contribution in [0.4, 0.5) is 0 Å². The van der Waals surface area contributed by atoms with Crippen molar-refractivity contribution in [1.29, 1.82) is 0 Å². The number of rotatable bonds is 5. The second-order valence-corrected chi connectivity index (χ2v) is 6.48. The molecule has 0 saturated carbocycles. The maximum absolute atomic E-state index is 12.4. The van der Waals surface area contributed by atoms with Crippen LogP contribution in [0.5, 0.6) is 0 Å². The van der Waals surface area contributed by atoms with E-state index in [1.807, 2.05) is 13.8 Å². The highest BCUT2D eigenvalue weighted by atomic mass is 35.5. The Morgan fingerprint density at radius 3 is 2.35 bits per heavy atom. The van der Waals surface area contributed by atoms with Crippen LogP contribution in [0, 0.1) is 0 Å². The van der Waals surface area contributed by atoms with E-state index in [0.717, 1.165) is 6.42 Å². The Bertz CT molecular complexity index is 617. The van der Waals surface area contributed by atoms with E-state index in [1.165, 1.54) is 12.1 Å². The Labute approximate surface area is 128 Å². The van der Waals surface area contributed by atoms with Crippen molar-refractivity contribution < 1.29 is 13.2 Å². The maximum Gasteiger partial charge on any atom is 0.256 e. The van der Waals surface area contributed by atoms with E-state index < -0.39 is 15.9 Å². The smallest absolute Gasteiger partial charge is 0.256 e. The third-order valence-corrected chi connectivity index (χ3v) is 4.51. The van der Waals surface area contributed by atoms with Crippen LogP contribution in [0.3, 0.4) is 0 Å². The highest BCUT2D eigenvalue weighted by Crippen LogP contribution is 2.31. The van der Waals surface area contributed by atoms with Gasteiger partial charge < -0.3 is 4.90 Å². The van der Waals surface area contributed by atoms with Crippen molar-refractivity contribution in [2.45, 2.75) is 25.2 Å². The first-order valence-electron chi connectivity index (χ1n) is 6.04. The molecule has 1 rings (SSSR count). The number of amides is 1. The van der Waals surface area contributed by atoms with Gasteiger partial charge in [-0.1, -0.05) is 30.1 Å². The van der Waals surface area contributed by atoms with Gasteiger partial charge in [0.2, 0.25) is 10.0 Å². The van der Waals surface area contributed by atoms with Gasteiger partial charge in [-0.2, -0.15) is 0 Å². The zero-order valence-electron chi connectivity index (χ0n) is 11.2. The van der Waals surface area contributed by atoms with Crippen molar-refractivity contribution in [3.05, 3.63) is 27.7 Å². The fourth-order valence-electron chi connectivity index (χ4n) is 1.78. The van der Waals surface area contributed by atoms with Crippen molar-refractivity contribution in [3.8, 4) is 0 Å². The lowest BCUT2D eigenvalue weighted by Crippen LogP contribution is -2.32. The van der Waals surface area contributed by atoms with Gasteiger partial charge in [-0.25, -0.2) is 13.6 Å². The van der Waals surface area contributed by atoms with Crippen molar-refractivity contribution in [2.75, 3.05) is 13.1 Å². The highest BCUT2D eigenvalue weighted by molar-refractivity contribution is 7.89. The quantitative estimate of drug-likeness (QED) is 0.895. The number of hydrogen-bond acceptors (Lipinski definition) is 3. The minimum absolute atomic E-state index is 0.0323. The molecule has 0 unspecified atom stereocenters. The molecule has 0 aliphatic rings. The first-order chi connectivity index (χ1) is 9.23. The molecule has 112 valence electrons. The van der Waals surface area contributed by atoms with Crippen LogP contribution < -0.4 is 5.14 Å². The fourth-order valence-corrected chi connectivity index (χ4v) is 3.24. The summed E-state index contributed by atoms with van der Waals surface area (Å²) in [6, 6.07) is 2.49. The molecule has 0 aliphatic heterocycles. The summed E-state index contributed by atoms with van der Waals surface area (Å²) in [7, 11) is -4.01. The molecule has 0 bridgehead atoms. The van der Waals surface area contributed by atoms with Gasteiger partial charge in [-0.15, -0.1) is 0 Å². The Morgan fingerprint density at radius 2 is 1.90 bits per heavy atom. The third kappa shape index (κ3) is 3.63. The minimum Gasteiger partial charge on any atom is -0.339 e. The molecular weight excluding hydrogens is 323 g/mol. The maximum atomic E-state index is 12.4. The monoisotopic (exact) mass is 338 g/mol. The number of carbonyl (C=O) groups excluding carboxylic acids is 1. The van der Waals surface area contributed by atoms with E-state index in [-0.39, 0.29) is 20.5 Å². The normalized spacial score (nSPS) is 11.4. The van der Waals surface area contributed by atoms with Crippen molar-refractivity contribution >= 4 is 39.1 Å². The van der Waals surface area contributed by atoms with Crippen LogP contribution in [0.15, 0.2) is 17.0 Å². The van der Waals surface area contributed by atoms with Gasteiger partial charge in [0.05, 0.1) is 15.6 Å². The number of primary sulfonamides is 1. The van der Waals surface area contributed by atoms with Gasteiger partial charge >= 0.3 is 0 Å².